The van der Waals surface area contributed by atoms with Crippen LogP contribution in [0.2, 0.25) is 0 Å². The Hall–Kier alpha value is -1.86. The highest BCUT2D eigenvalue weighted by Gasteiger charge is 2.17. The molecular formula is C13H14O4. The first-order valence-corrected chi connectivity index (χ1v) is 5.41. The van der Waals surface area contributed by atoms with E-state index in [-0.39, 0.29) is 13.4 Å². The largest absolute Gasteiger partial charge is 0.492 e. The molecule has 1 N–H and O–H groups in total. The molecular weight excluding hydrogens is 220 g/mol. The number of hydrogen-bond donors (Lipinski definition) is 1. The fourth-order valence-electron chi connectivity index (χ4n) is 1.56. The molecule has 1 heterocycles. The van der Waals surface area contributed by atoms with E-state index in [1.54, 1.807) is 19.1 Å². The van der Waals surface area contributed by atoms with E-state index in [0.29, 0.717) is 35.8 Å². The van der Waals surface area contributed by atoms with Gasteiger partial charge in [-0.15, -0.1) is 11.8 Å². The Labute approximate surface area is 100 Å². The lowest BCUT2D eigenvalue weighted by Gasteiger charge is -2.09. The fourth-order valence-corrected chi connectivity index (χ4v) is 1.56. The van der Waals surface area contributed by atoms with Crippen LogP contribution in [0.5, 0.6) is 17.2 Å². The third-order valence-corrected chi connectivity index (χ3v) is 2.39. The van der Waals surface area contributed by atoms with Gasteiger partial charge in [0.1, 0.15) is 5.75 Å². The number of rotatable bonds is 4. The van der Waals surface area contributed by atoms with Gasteiger partial charge in [-0.2, -0.15) is 0 Å². The highest BCUT2D eigenvalue weighted by atomic mass is 16.7. The van der Waals surface area contributed by atoms with Gasteiger partial charge in [-0.3, -0.25) is 0 Å². The number of ether oxygens (including phenoxy) is 3. The molecule has 0 saturated heterocycles. The van der Waals surface area contributed by atoms with Gasteiger partial charge in [0, 0.05) is 18.1 Å². The van der Waals surface area contributed by atoms with E-state index in [1.165, 1.54) is 0 Å². The Morgan fingerprint density at radius 2 is 2.12 bits per heavy atom. The van der Waals surface area contributed by atoms with Crippen LogP contribution in [0, 0.1) is 11.8 Å². The minimum Gasteiger partial charge on any atom is -0.492 e. The van der Waals surface area contributed by atoms with Crippen molar-refractivity contribution in [1.82, 2.24) is 0 Å². The average Bonchev–Trinajstić information content (AvgIpc) is 2.80. The molecule has 0 fully saturated rings. The van der Waals surface area contributed by atoms with Crippen LogP contribution in [0.4, 0.5) is 0 Å². The van der Waals surface area contributed by atoms with Crippen molar-refractivity contribution < 1.29 is 19.3 Å². The van der Waals surface area contributed by atoms with Crippen LogP contribution in [-0.4, -0.2) is 18.5 Å². The van der Waals surface area contributed by atoms with Crippen molar-refractivity contribution in [2.75, 3.05) is 13.4 Å². The molecule has 0 bridgehead atoms. The molecule has 1 aromatic rings. The van der Waals surface area contributed by atoms with Crippen molar-refractivity contribution in [2.24, 2.45) is 0 Å². The molecule has 0 aromatic heterocycles. The van der Waals surface area contributed by atoms with Gasteiger partial charge in [0.05, 0.1) is 13.2 Å². The normalized spacial score (nSPS) is 11.9. The number of aliphatic hydroxyl groups excluding tert-OH is 1. The molecule has 1 aromatic carbocycles. The highest BCUT2D eigenvalue weighted by molar-refractivity contribution is 5.51. The smallest absolute Gasteiger partial charge is 0.231 e. The molecule has 2 rings (SSSR count). The van der Waals surface area contributed by atoms with E-state index >= 15 is 0 Å². The van der Waals surface area contributed by atoms with Gasteiger partial charge >= 0.3 is 0 Å². The Balaban J connectivity index is 2.11. The second-order valence-corrected chi connectivity index (χ2v) is 3.50. The summed E-state index contributed by atoms with van der Waals surface area (Å²) < 4.78 is 16.0. The molecule has 90 valence electrons. The lowest BCUT2D eigenvalue weighted by Crippen LogP contribution is -1.99. The summed E-state index contributed by atoms with van der Waals surface area (Å²) in [6, 6.07) is 3.48. The highest BCUT2D eigenvalue weighted by Crippen LogP contribution is 2.38. The number of hydrogen-bond acceptors (Lipinski definition) is 4. The molecule has 4 heteroatoms. The van der Waals surface area contributed by atoms with E-state index in [4.69, 9.17) is 14.2 Å². The van der Waals surface area contributed by atoms with Crippen LogP contribution < -0.4 is 14.2 Å². The molecule has 17 heavy (non-hydrogen) atoms. The summed E-state index contributed by atoms with van der Waals surface area (Å²) >= 11 is 0. The first kappa shape index (κ1) is 11.6. The minimum absolute atomic E-state index is 0.0918. The van der Waals surface area contributed by atoms with E-state index in [2.05, 4.69) is 11.8 Å². The summed E-state index contributed by atoms with van der Waals surface area (Å²) in [6.07, 6.45) is 0.663. The van der Waals surface area contributed by atoms with Gasteiger partial charge in [-0.05, 0) is 13.0 Å². The van der Waals surface area contributed by atoms with Crippen molar-refractivity contribution in [2.45, 2.75) is 20.0 Å². The summed E-state index contributed by atoms with van der Waals surface area (Å²) in [6.45, 7) is 2.41. The second kappa shape index (κ2) is 5.46. The summed E-state index contributed by atoms with van der Waals surface area (Å²) in [5.74, 6) is 7.63. The maximum atomic E-state index is 9.25. The maximum Gasteiger partial charge on any atom is 0.231 e. The Morgan fingerprint density at radius 1 is 1.35 bits per heavy atom. The van der Waals surface area contributed by atoms with Crippen molar-refractivity contribution >= 4 is 0 Å². The molecule has 0 radical (unpaired) electrons. The second-order valence-electron chi connectivity index (χ2n) is 3.50. The van der Waals surface area contributed by atoms with Crippen molar-refractivity contribution in [3.05, 3.63) is 17.7 Å². The van der Waals surface area contributed by atoms with Gasteiger partial charge < -0.3 is 19.3 Å². The monoisotopic (exact) mass is 234 g/mol. The van der Waals surface area contributed by atoms with Crippen LogP contribution in [0.1, 0.15) is 18.9 Å². The molecule has 0 unspecified atom stereocenters. The Kier molecular flexibility index (Phi) is 3.73. The zero-order valence-electron chi connectivity index (χ0n) is 9.66. The van der Waals surface area contributed by atoms with Gasteiger partial charge in [0.15, 0.2) is 11.5 Å². The maximum absolute atomic E-state index is 9.25. The number of aliphatic hydroxyl groups is 1. The first-order valence-electron chi connectivity index (χ1n) is 5.41. The quantitative estimate of drug-likeness (QED) is 0.636. The first-order chi connectivity index (χ1) is 8.35. The summed E-state index contributed by atoms with van der Waals surface area (Å²) in [5.41, 5.74) is 0.693. The van der Waals surface area contributed by atoms with E-state index in [9.17, 15) is 5.11 Å². The van der Waals surface area contributed by atoms with Crippen LogP contribution in [0.3, 0.4) is 0 Å². The predicted octanol–water partition coefficient (Wildman–Crippen LogP) is 1.70. The Bertz CT molecular complexity index is 456. The van der Waals surface area contributed by atoms with Crippen molar-refractivity contribution in [3.8, 4) is 29.1 Å². The zero-order chi connectivity index (χ0) is 12.1. The third kappa shape index (κ3) is 2.63. The minimum atomic E-state index is -0.0918. The molecule has 0 amide bonds. The number of fused-ring (bicyclic) bond motifs is 1. The van der Waals surface area contributed by atoms with Crippen LogP contribution in [0.25, 0.3) is 0 Å². The molecule has 0 saturated carbocycles. The fraction of sp³-hybridized carbons (Fsp3) is 0.385. The van der Waals surface area contributed by atoms with Crippen LogP contribution in [-0.2, 0) is 6.61 Å². The van der Waals surface area contributed by atoms with Gasteiger partial charge in [-0.25, -0.2) is 0 Å². The summed E-state index contributed by atoms with van der Waals surface area (Å²) in [7, 11) is 0. The Morgan fingerprint density at radius 3 is 2.82 bits per heavy atom. The van der Waals surface area contributed by atoms with Gasteiger partial charge in [0.2, 0.25) is 6.79 Å². The van der Waals surface area contributed by atoms with Crippen molar-refractivity contribution in [1.29, 1.82) is 0 Å². The number of benzene rings is 1. The third-order valence-electron chi connectivity index (χ3n) is 2.39. The molecule has 0 aliphatic carbocycles. The SMILES string of the molecule is CC#CCCOc1cc2c(cc1CO)OCO2. The predicted molar refractivity (Wildman–Crippen MR) is 62.0 cm³/mol. The zero-order valence-corrected chi connectivity index (χ0v) is 9.66. The average molecular weight is 234 g/mol. The van der Waals surface area contributed by atoms with Gasteiger partial charge in [-0.1, -0.05) is 0 Å². The van der Waals surface area contributed by atoms with E-state index in [1.807, 2.05) is 0 Å². The topological polar surface area (TPSA) is 47.9 Å². The molecule has 0 spiro atoms. The van der Waals surface area contributed by atoms with E-state index in [0.717, 1.165) is 0 Å². The van der Waals surface area contributed by atoms with E-state index < -0.39 is 0 Å². The van der Waals surface area contributed by atoms with Crippen LogP contribution in [0.15, 0.2) is 12.1 Å². The van der Waals surface area contributed by atoms with Crippen molar-refractivity contribution in [3.63, 3.8) is 0 Å². The summed E-state index contributed by atoms with van der Waals surface area (Å²) in [5, 5.41) is 9.25. The standard InChI is InChI=1S/C13H14O4/c1-2-3-4-5-15-11-7-13-12(16-9-17-13)6-10(11)8-14/h6-7,14H,4-5,8-9H2,1H3. The molecule has 1 aliphatic rings. The summed E-state index contributed by atoms with van der Waals surface area (Å²) in [4.78, 5) is 0. The van der Waals surface area contributed by atoms with Gasteiger partial charge in [0.25, 0.3) is 0 Å². The molecule has 0 atom stereocenters. The molecule has 1 aliphatic heterocycles. The lowest BCUT2D eigenvalue weighted by molar-refractivity contribution is 0.173. The van der Waals surface area contributed by atoms with Crippen LogP contribution >= 0.6 is 0 Å². The molecule has 4 nitrogen and oxygen atoms in total. The lowest BCUT2D eigenvalue weighted by atomic mass is 10.2.